The fourth-order valence-electron chi connectivity index (χ4n) is 0.0727. The van der Waals surface area contributed by atoms with Gasteiger partial charge in [0.05, 0.1) is 0 Å². The Labute approximate surface area is 58.3 Å². The van der Waals surface area contributed by atoms with E-state index in [-0.39, 0.29) is 0 Å². The molecule has 0 heterocycles. The average Bonchev–Trinajstić information content (AvgIpc) is 1.59. The first-order valence-electron chi connectivity index (χ1n) is 1.49. The summed E-state index contributed by atoms with van der Waals surface area (Å²) in [4.78, 5) is 15.4. The SMILES string of the molecule is O=[N+]([O-])OOC(F)(Cl)Cl. The number of hydrogen-bond acceptors (Lipinski definition) is 4. The molecule has 0 aliphatic carbocycles. The third-order valence-corrected chi connectivity index (χ3v) is 0.319. The molecule has 0 radical (unpaired) electrons. The van der Waals surface area contributed by atoms with Gasteiger partial charge in [0.15, 0.2) is 0 Å². The van der Waals surface area contributed by atoms with Gasteiger partial charge in [0.2, 0.25) is 0 Å². The van der Waals surface area contributed by atoms with E-state index in [0.29, 0.717) is 0 Å². The van der Waals surface area contributed by atoms with Gasteiger partial charge in [-0.15, -0.1) is 20.0 Å². The number of alkyl halides is 3. The van der Waals surface area contributed by atoms with E-state index < -0.39 is 9.86 Å². The van der Waals surface area contributed by atoms with Crippen LogP contribution in [0, 0.1) is 10.1 Å². The Balaban J connectivity index is 3.39. The smallest absolute Gasteiger partial charge is 0.174 e. The van der Waals surface area contributed by atoms with Gasteiger partial charge < -0.3 is 0 Å². The number of halogens is 3. The highest BCUT2D eigenvalue weighted by molar-refractivity contribution is 6.45. The van der Waals surface area contributed by atoms with Crippen molar-refractivity contribution in [3.05, 3.63) is 10.1 Å². The zero-order chi connectivity index (χ0) is 7.49. The summed E-state index contributed by atoms with van der Waals surface area (Å²) in [5.41, 5.74) is 0. The summed E-state index contributed by atoms with van der Waals surface area (Å²) < 4.78 is 8.44. The fraction of sp³-hybridized carbons (Fsp3) is 1.00. The molecule has 5 nitrogen and oxygen atoms in total. The largest absolute Gasteiger partial charge is 0.394 e. The molecule has 0 amide bonds. The van der Waals surface area contributed by atoms with Crippen molar-refractivity contribution in [3.8, 4) is 0 Å². The number of rotatable bonds is 3. The van der Waals surface area contributed by atoms with Crippen LogP contribution < -0.4 is 0 Å². The van der Waals surface area contributed by atoms with Crippen molar-refractivity contribution in [2.45, 2.75) is 4.77 Å². The molecule has 0 spiro atoms. The Morgan fingerprint density at radius 2 is 2.11 bits per heavy atom. The van der Waals surface area contributed by atoms with Crippen molar-refractivity contribution in [2.24, 2.45) is 0 Å². The zero-order valence-electron chi connectivity index (χ0n) is 3.71. The standard InChI is InChI=1S/CCl2FNO4/c2-1(3,4)8-9-5(6)7. The van der Waals surface area contributed by atoms with Crippen LogP contribution in [0.4, 0.5) is 4.39 Å². The second-order valence-corrected chi connectivity index (χ2v) is 1.99. The first-order valence-corrected chi connectivity index (χ1v) is 2.24. The van der Waals surface area contributed by atoms with E-state index in [0.717, 1.165) is 0 Å². The minimum Gasteiger partial charge on any atom is -0.174 e. The molecule has 8 heteroatoms. The molecule has 0 aromatic carbocycles. The molecule has 0 atom stereocenters. The van der Waals surface area contributed by atoms with Gasteiger partial charge >= 0.3 is 9.86 Å². The molecule has 0 aromatic heterocycles. The lowest BCUT2D eigenvalue weighted by atomic mass is 11.6. The second-order valence-electron chi connectivity index (χ2n) is 0.827. The van der Waals surface area contributed by atoms with Crippen molar-refractivity contribution in [1.82, 2.24) is 0 Å². The molecule has 0 aliphatic heterocycles. The van der Waals surface area contributed by atoms with Crippen molar-refractivity contribution in [1.29, 1.82) is 0 Å². The van der Waals surface area contributed by atoms with Crippen LogP contribution in [0.3, 0.4) is 0 Å². The summed E-state index contributed by atoms with van der Waals surface area (Å²) in [6, 6.07) is 0. The lowest BCUT2D eigenvalue weighted by Crippen LogP contribution is -2.13. The fourth-order valence-corrected chi connectivity index (χ4v) is 0.129. The van der Waals surface area contributed by atoms with E-state index in [9.17, 15) is 14.5 Å². The van der Waals surface area contributed by atoms with E-state index in [4.69, 9.17) is 0 Å². The molecule has 0 aromatic rings. The highest BCUT2D eigenvalue weighted by Gasteiger charge is 2.25. The summed E-state index contributed by atoms with van der Waals surface area (Å²) >= 11 is 8.85. The van der Waals surface area contributed by atoms with E-state index in [2.05, 4.69) is 33.1 Å². The van der Waals surface area contributed by atoms with Crippen molar-refractivity contribution in [2.75, 3.05) is 0 Å². The third-order valence-electron chi connectivity index (χ3n) is 0.193. The summed E-state index contributed by atoms with van der Waals surface area (Å²) in [5.74, 6) is 0. The van der Waals surface area contributed by atoms with Gasteiger partial charge in [0.1, 0.15) is 0 Å². The monoisotopic (exact) mass is 179 g/mol. The molecule has 0 saturated carbocycles. The molecule has 0 rings (SSSR count). The molecule has 0 fully saturated rings. The second kappa shape index (κ2) is 3.00. The maximum absolute atomic E-state index is 11.6. The zero-order valence-corrected chi connectivity index (χ0v) is 5.23. The highest BCUT2D eigenvalue weighted by atomic mass is 35.5. The molecule has 0 saturated heterocycles. The van der Waals surface area contributed by atoms with Crippen LogP contribution in [0.1, 0.15) is 0 Å². The van der Waals surface area contributed by atoms with E-state index in [1.54, 1.807) is 0 Å². The van der Waals surface area contributed by atoms with Gasteiger partial charge in [-0.25, -0.2) is 0 Å². The van der Waals surface area contributed by atoms with Crippen LogP contribution in [-0.4, -0.2) is 9.86 Å². The van der Waals surface area contributed by atoms with Crippen molar-refractivity contribution < 1.29 is 19.4 Å². The lowest BCUT2D eigenvalue weighted by molar-refractivity contribution is -0.857. The molecule has 54 valence electrons. The first-order chi connectivity index (χ1) is 3.92. The lowest BCUT2D eigenvalue weighted by Gasteiger charge is -2.03. The molecular formula is CCl2FNO4. The average molecular weight is 180 g/mol. The maximum atomic E-state index is 11.6. The molecular weight excluding hydrogens is 180 g/mol. The Morgan fingerprint density at radius 3 is 2.22 bits per heavy atom. The van der Waals surface area contributed by atoms with Crippen LogP contribution in [0.25, 0.3) is 0 Å². The summed E-state index contributed by atoms with van der Waals surface area (Å²) in [7, 11) is 0. The number of hydrogen-bond donors (Lipinski definition) is 0. The normalized spacial score (nSPS) is 11.0. The van der Waals surface area contributed by atoms with E-state index >= 15 is 0 Å². The van der Waals surface area contributed by atoms with E-state index in [1.807, 2.05) is 0 Å². The van der Waals surface area contributed by atoms with Crippen LogP contribution >= 0.6 is 23.2 Å². The molecule has 0 N–H and O–H groups in total. The topological polar surface area (TPSA) is 61.6 Å². The molecule has 0 unspecified atom stereocenters. The Hall–Kier alpha value is -0.330. The minimum absolute atomic E-state index is 1.40. The van der Waals surface area contributed by atoms with Crippen LogP contribution in [0.15, 0.2) is 0 Å². The van der Waals surface area contributed by atoms with Gasteiger partial charge in [-0.05, 0) is 23.2 Å². The van der Waals surface area contributed by atoms with Gasteiger partial charge in [-0.2, -0.15) is 4.39 Å². The highest BCUT2D eigenvalue weighted by Crippen LogP contribution is 2.23. The van der Waals surface area contributed by atoms with Crippen LogP contribution in [0.2, 0.25) is 0 Å². The van der Waals surface area contributed by atoms with Gasteiger partial charge in [0.25, 0.3) is 0 Å². The molecule has 0 bridgehead atoms. The van der Waals surface area contributed by atoms with Crippen LogP contribution in [0.5, 0.6) is 0 Å². The predicted molar refractivity (Wildman–Crippen MR) is 24.7 cm³/mol. The summed E-state index contributed by atoms with van der Waals surface area (Å²) in [6.45, 7) is 0. The van der Waals surface area contributed by atoms with Gasteiger partial charge in [0, 0.05) is 0 Å². The molecule has 9 heavy (non-hydrogen) atoms. The van der Waals surface area contributed by atoms with Gasteiger partial charge in [-0.3, -0.25) is 0 Å². The van der Waals surface area contributed by atoms with E-state index in [1.165, 1.54) is 0 Å². The van der Waals surface area contributed by atoms with Crippen molar-refractivity contribution >= 4 is 23.2 Å². The van der Waals surface area contributed by atoms with Crippen LogP contribution in [-0.2, 0) is 9.88 Å². The first kappa shape index (κ1) is 8.67. The Morgan fingerprint density at radius 1 is 1.67 bits per heavy atom. The molecule has 0 aliphatic rings. The Bertz CT molecular complexity index is 112. The quantitative estimate of drug-likeness (QED) is 0.283. The third kappa shape index (κ3) is 7.67. The minimum atomic E-state index is -3.19. The summed E-state index contributed by atoms with van der Waals surface area (Å²) in [5, 5.41) is 7.82. The summed E-state index contributed by atoms with van der Waals surface area (Å²) in [6.07, 6.45) is 0. The predicted octanol–water partition coefficient (Wildman–Crippen LogP) is 1.18. The van der Waals surface area contributed by atoms with Crippen molar-refractivity contribution in [3.63, 3.8) is 0 Å². The Kier molecular flexibility index (Phi) is 2.89. The maximum Gasteiger partial charge on any atom is 0.394 e. The van der Waals surface area contributed by atoms with Gasteiger partial charge in [-0.1, -0.05) is 0 Å². The number of nitrogens with zero attached hydrogens (tertiary/aromatic N) is 1.